The SMILES string of the molecule is O=C(NCCOc1ccc(Cl)cc1)C1CCCN(c2cnccn2)C1. The van der Waals surface area contributed by atoms with Gasteiger partial charge in [-0.25, -0.2) is 4.98 Å². The molecule has 1 atom stereocenters. The van der Waals surface area contributed by atoms with Gasteiger partial charge < -0.3 is 15.0 Å². The Bertz CT molecular complexity index is 681. The molecule has 1 unspecified atom stereocenters. The summed E-state index contributed by atoms with van der Waals surface area (Å²) in [6, 6.07) is 7.17. The number of nitrogens with one attached hydrogen (secondary N) is 1. The molecule has 2 aromatic rings. The molecule has 25 heavy (non-hydrogen) atoms. The van der Waals surface area contributed by atoms with Crippen molar-refractivity contribution in [2.45, 2.75) is 12.8 Å². The summed E-state index contributed by atoms with van der Waals surface area (Å²) in [5.74, 6) is 1.59. The lowest BCUT2D eigenvalue weighted by molar-refractivity contribution is -0.125. The fraction of sp³-hybridized carbons (Fsp3) is 0.389. The summed E-state index contributed by atoms with van der Waals surface area (Å²) in [5, 5.41) is 3.63. The van der Waals surface area contributed by atoms with Gasteiger partial charge in [0.15, 0.2) is 0 Å². The maximum absolute atomic E-state index is 12.4. The monoisotopic (exact) mass is 360 g/mol. The van der Waals surface area contributed by atoms with Crippen LogP contribution in [0.3, 0.4) is 0 Å². The molecule has 6 nitrogen and oxygen atoms in total. The maximum atomic E-state index is 12.4. The van der Waals surface area contributed by atoms with Crippen LogP contribution in [-0.4, -0.2) is 42.1 Å². The predicted molar refractivity (Wildman–Crippen MR) is 96.9 cm³/mol. The molecule has 1 saturated heterocycles. The summed E-state index contributed by atoms with van der Waals surface area (Å²) in [4.78, 5) is 22.9. The number of nitrogens with zero attached hydrogens (tertiary/aromatic N) is 3. The van der Waals surface area contributed by atoms with Crippen LogP contribution in [0.2, 0.25) is 5.02 Å². The molecular weight excluding hydrogens is 340 g/mol. The van der Waals surface area contributed by atoms with E-state index in [-0.39, 0.29) is 11.8 Å². The molecule has 0 bridgehead atoms. The number of hydrogen-bond acceptors (Lipinski definition) is 5. The van der Waals surface area contributed by atoms with Crippen LogP contribution in [0, 0.1) is 5.92 Å². The minimum atomic E-state index is -0.0358. The van der Waals surface area contributed by atoms with E-state index in [1.807, 2.05) is 12.1 Å². The summed E-state index contributed by atoms with van der Waals surface area (Å²) >= 11 is 5.83. The molecule has 2 heterocycles. The first-order valence-electron chi connectivity index (χ1n) is 8.39. The van der Waals surface area contributed by atoms with Crippen LogP contribution in [0.4, 0.5) is 5.82 Å². The number of piperidine rings is 1. The van der Waals surface area contributed by atoms with E-state index < -0.39 is 0 Å². The number of rotatable bonds is 6. The Morgan fingerprint density at radius 3 is 2.92 bits per heavy atom. The highest BCUT2D eigenvalue weighted by Crippen LogP contribution is 2.21. The summed E-state index contributed by atoms with van der Waals surface area (Å²) in [6.07, 6.45) is 6.92. The second kappa shape index (κ2) is 8.67. The first-order chi connectivity index (χ1) is 12.2. The van der Waals surface area contributed by atoms with Crippen molar-refractivity contribution >= 4 is 23.3 Å². The van der Waals surface area contributed by atoms with Gasteiger partial charge in [0.05, 0.1) is 18.7 Å². The fourth-order valence-corrected chi connectivity index (χ4v) is 3.00. The van der Waals surface area contributed by atoms with Crippen molar-refractivity contribution < 1.29 is 9.53 Å². The van der Waals surface area contributed by atoms with E-state index in [9.17, 15) is 4.79 Å². The van der Waals surface area contributed by atoms with Crippen LogP contribution in [0.15, 0.2) is 42.9 Å². The van der Waals surface area contributed by atoms with Crippen molar-refractivity contribution in [1.29, 1.82) is 0 Å². The number of hydrogen-bond donors (Lipinski definition) is 1. The zero-order valence-electron chi connectivity index (χ0n) is 13.9. The van der Waals surface area contributed by atoms with Crippen LogP contribution in [0.1, 0.15) is 12.8 Å². The number of benzene rings is 1. The lowest BCUT2D eigenvalue weighted by Crippen LogP contribution is -2.44. The summed E-state index contributed by atoms with van der Waals surface area (Å²) in [6.45, 7) is 2.47. The van der Waals surface area contributed by atoms with Gasteiger partial charge in [-0.15, -0.1) is 0 Å². The molecule has 1 fully saturated rings. The van der Waals surface area contributed by atoms with E-state index in [0.29, 0.717) is 24.7 Å². The number of carbonyl (C=O) groups excluding carboxylic acids is 1. The van der Waals surface area contributed by atoms with Gasteiger partial charge in [0, 0.05) is 30.5 Å². The normalized spacial score (nSPS) is 17.2. The zero-order valence-corrected chi connectivity index (χ0v) is 14.7. The molecule has 1 amide bonds. The predicted octanol–water partition coefficient (Wildman–Crippen LogP) is 2.54. The Morgan fingerprint density at radius 2 is 2.16 bits per heavy atom. The molecule has 1 aromatic heterocycles. The van der Waals surface area contributed by atoms with Crippen molar-refractivity contribution in [3.8, 4) is 5.75 Å². The van der Waals surface area contributed by atoms with Crippen LogP contribution in [-0.2, 0) is 4.79 Å². The third kappa shape index (κ3) is 5.06. The molecule has 132 valence electrons. The Kier molecular flexibility index (Phi) is 6.06. The van der Waals surface area contributed by atoms with Crippen molar-refractivity contribution in [3.63, 3.8) is 0 Å². The van der Waals surface area contributed by atoms with E-state index >= 15 is 0 Å². The molecule has 1 N–H and O–H groups in total. The number of amides is 1. The third-order valence-corrected chi connectivity index (χ3v) is 4.40. The second-order valence-corrected chi connectivity index (χ2v) is 6.38. The molecule has 0 aliphatic carbocycles. The molecule has 1 aromatic carbocycles. The Balaban J connectivity index is 1.42. The van der Waals surface area contributed by atoms with Gasteiger partial charge in [-0.2, -0.15) is 0 Å². The van der Waals surface area contributed by atoms with Gasteiger partial charge in [0.2, 0.25) is 5.91 Å². The molecule has 3 rings (SSSR count). The van der Waals surface area contributed by atoms with Gasteiger partial charge in [-0.05, 0) is 37.1 Å². The first-order valence-corrected chi connectivity index (χ1v) is 8.77. The van der Waals surface area contributed by atoms with E-state index in [1.165, 1.54) is 0 Å². The number of carbonyl (C=O) groups is 1. The Hall–Kier alpha value is -2.34. The largest absolute Gasteiger partial charge is 0.492 e. The first kappa shape index (κ1) is 17.5. The van der Waals surface area contributed by atoms with Gasteiger partial charge in [0.25, 0.3) is 0 Å². The summed E-state index contributed by atoms with van der Waals surface area (Å²) in [5.41, 5.74) is 0. The number of anilines is 1. The smallest absolute Gasteiger partial charge is 0.225 e. The van der Waals surface area contributed by atoms with Crippen molar-refractivity contribution in [1.82, 2.24) is 15.3 Å². The molecular formula is C18H21ClN4O2. The van der Waals surface area contributed by atoms with Gasteiger partial charge in [0.1, 0.15) is 18.2 Å². The number of halogens is 1. The van der Waals surface area contributed by atoms with Crippen molar-refractivity contribution in [2.24, 2.45) is 5.92 Å². The minimum absolute atomic E-state index is 0.0358. The lowest BCUT2D eigenvalue weighted by Gasteiger charge is -2.32. The fourth-order valence-electron chi connectivity index (χ4n) is 2.87. The van der Waals surface area contributed by atoms with Crippen LogP contribution in [0.5, 0.6) is 5.75 Å². The Labute approximate surface area is 152 Å². The highest BCUT2D eigenvalue weighted by molar-refractivity contribution is 6.30. The Morgan fingerprint density at radius 1 is 1.32 bits per heavy atom. The standard InChI is InChI=1S/C18H21ClN4O2/c19-15-3-5-16(6-4-15)25-11-9-22-18(24)14-2-1-10-23(13-14)17-12-20-7-8-21-17/h3-8,12,14H,1-2,9-11,13H2,(H,22,24). The lowest BCUT2D eigenvalue weighted by atomic mass is 9.97. The van der Waals surface area contributed by atoms with Crippen LogP contribution in [0.25, 0.3) is 0 Å². The van der Waals surface area contributed by atoms with Gasteiger partial charge >= 0.3 is 0 Å². The van der Waals surface area contributed by atoms with Gasteiger partial charge in [-0.3, -0.25) is 9.78 Å². The second-order valence-electron chi connectivity index (χ2n) is 5.94. The average molecular weight is 361 g/mol. The van der Waals surface area contributed by atoms with Gasteiger partial charge in [-0.1, -0.05) is 11.6 Å². The molecule has 0 spiro atoms. The molecule has 0 saturated carbocycles. The summed E-state index contributed by atoms with van der Waals surface area (Å²) in [7, 11) is 0. The van der Waals surface area contributed by atoms with Crippen molar-refractivity contribution in [3.05, 3.63) is 47.9 Å². The quantitative estimate of drug-likeness (QED) is 0.802. The van der Waals surface area contributed by atoms with E-state index in [4.69, 9.17) is 16.3 Å². The van der Waals surface area contributed by atoms with Crippen LogP contribution < -0.4 is 15.0 Å². The number of ether oxygens (including phenoxy) is 1. The molecule has 1 aliphatic rings. The maximum Gasteiger partial charge on any atom is 0.225 e. The topological polar surface area (TPSA) is 67.3 Å². The average Bonchev–Trinajstić information content (AvgIpc) is 2.67. The zero-order chi connectivity index (χ0) is 17.5. The van der Waals surface area contributed by atoms with E-state index in [0.717, 1.165) is 31.0 Å². The van der Waals surface area contributed by atoms with E-state index in [2.05, 4.69) is 20.2 Å². The number of aromatic nitrogens is 2. The van der Waals surface area contributed by atoms with Crippen LogP contribution >= 0.6 is 11.6 Å². The molecule has 1 aliphatic heterocycles. The minimum Gasteiger partial charge on any atom is -0.492 e. The van der Waals surface area contributed by atoms with E-state index in [1.54, 1.807) is 30.7 Å². The molecule has 7 heteroatoms. The summed E-state index contributed by atoms with van der Waals surface area (Å²) < 4.78 is 5.59. The highest BCUT2D eigenvalue weighted by atomic mass is 35.5. The molecule has 0 radical (unpaired) electrons. The highest BCUT2D eigenvalue weighted by Gasteiger charge is 2.26. The third-order valence-electron chi connectivity index (χ3n) is 4.15. The van der Waals surface area contributed by atoms with Crippen molar-refractivity contribution in [2.75, 3.05) is 31.1 Å².